The molecule has 0 spiro atoms. The van der Waals surface area contributed by atoms with Crippen LogP contribution in [0.15, 0.2) is 0 Å². The number of ether oxygens (including phenoxy) is 13. The number of rotatable bonds is 19. The van der Waals surface area contributed by atoms with E-state index < -0.39 is 260 Å². The molecule has 0 aromatic rings. The lowest BCUT2D eigenvalue weighted by Crippen LogP contribution is -2.71. The molecule has 21 N–H and O–H groups in total. The average Bonchev–Trinajstić information content (AvgIpc) is 3.48. The van der Waals surface area contributed by atoms with Crippen LogP contribution in [0.3, 0.4) is 0 Å². The number of amides is 2. The lowest BCUT2D eigenvalue weighted by Gasteiger charge is -2.51. The number of aliphatic hydroxyl groups is 19. The van der Waals surface area contributed by atoms with Crippen LogP contribution >= 0.6 is 0 Å². The van der Waals surface area contributed by atoms with Crippen LogP contribution in [0, 0.1) is 0 Å². The summed E-state index contributed by atoms with van der Waals surface area (Å²) in [6.07, 6.45) is -61.3. The van der Waals surface area contributed by atoms with Gasteiger partial charge >= 0.3 is 0 Å². The summed E-state index contributed by atoms with van der Waals surface area (Å²) in [5.41, 5.74) is 0. The Morgan fingerprint density at radius 2 is 0.827 bits per heavy atom. The van der Waals surface area contributed by atoms with Gasteiger partial charge in [-0.05, 0) is 6.92 Å². The molecule has 2 amide bonds. The van der Waals surface area contributed by atoms with Crippen LogP contribution in [-0.4, -0.2) is 357 Å². The molecular formula is C45H76N2O34. The Morgan fingerprint density at radius 1 is 0.395 bits per heavy atom. The molecule has 0 unspecified atom stereocenters. The lowest BCUT2D eigenvalue weighted by atomic mass is 9.93. The summed E-state index contributed by atoms with van der Waals surface area (Å²) in [4.78, 5) is 25.2. The number of hydrogen-bond donors (Lipinski definition) is 21. The zero-order chi connectivity index (χ0) is 59.6. The molecular weight excluding hydrogens is 1110 g/mol. The van der Waals surface area contributed by atoms with Crippen LogP contribution in [0.1, 0.15) is 20.8 Å². The van der Waals surface area contributed by atoms with E-state index in [1.54, 1.807) is 0 Å². The highest BCUT2D eigenvalue weighted by Crippen LogP contribution is 2.38. The van der Waals surface area contributed by atoms with Crippen molar-refractivity contribution in [2.75, 3.05) is 39.6 Å². The van der Waals surface area contributed by atoms with Gasteiger partial charge in [-0.25, -0.2) is 0 Å². The van der Waals surface area contributed by atoms with Crippen LogP contribution in [0.4, 0.5) is 0 Å². The summed E-state index contributed by atoms with van der Waals surface area (Å²) < 4.78 is 75.8. The van der Waals surface area contributed by atoms with E-state index in [1.165, 1.54) is 6.92 Å². The molecule has 36 nitrogen and oxygen atoms in total. The van der Waals surface area contributed by atoms with Crippen LogP contribution in [0.25, 0.3) is 0 Å². The summed E-state index contributed by atoms with van der Waals surface area (Å²) in [7, 11) is 0. The van der Waals surface area contributed by atoms with Gasteiger partial charge in [-0.1, -0.05) is 0 Å². The van der Waals surface area contributed by atoms with Gasteiger partial charge in [0.05, 0.1) is 45.7 Å². The molecule has 0 bridgehead atoms. The summed E-state index contributed by atoms with van der Waals surface area (Å²) in [5, 5.41) is 210. The third kappa shape index (κ3) is 14.6. The highest BCUT2D eigenvalue weighted by molar-refractivity contribution is 5.73. The van der Waals surface area contributed by atoms with Crippen molar-refractivity contribution >= 4 is 11.8 Å². The summed E-state index contributed by atoms with van der Waals surface area (Å²) >= 11 is 0. The Hall–Kier alpha value is -2.34. The quantitative estimate of drug-likeness (QED) is 0.0571. The molecule has 0 radical (unpaired) electrons. The summed E-state index contributed by atoms with van der Waals surface area (Å²) in [6.45, 7) is -2.10. The van der Waals surface area contributed by atoms with Gasteiger partial charge in [-0.15, -0.1) is 0 Å². The van der Waals surface area contributed by atoms with Gasteiger partial charge in [0.25, 0.3) is 0 Å². The van der Waals surface area contributed by atoms with Crippen LogP contribution in [-0.2, 0) is 71.2 Å². The normalized spacial score (nSPS) is 50.8. The first-order chi connectivity index (χ1) is 38.2. The Labute approximate surface area is 459 Å². The standard InChI is InChI=1S/C45H76N2O34/c1-10-21(54)28(61)32(65)41(72-10)71-9-18-36(26(59)19(39(68)73-18)46-11(2)51)78-40-20(47-12(3)52)27(60)35(16(6-50)76-40)79-45-38(81-43-31(64)22(55)13(53)7-69-43)37(80-44-34(67)30(63)24(57)15(5-49)75-44)25(58)17(77-45)8-70-42-33(66)29(62)23(56)14(4-48)74-42/h10,13-45,48-50,53-68H,4-9H2,1-3H3,(H,46,51)(H,47,52)/t10-,13+,14+,15+,16+,17+,18+,19+,20+,21+,22-,23+,24+,25+,26+,27+,28+,29-,30-,31+,32-,33-,34-,35+,36+,37-,38-,39+,40-,41+,42-,43-,44+,45-/m0/s1. The Bertz CT molecular complexity index is 1990. The third-order valence-corrected chi connectivity index (χ3v) is 14.9. The largest absolute Gasteiger partial charge is 0.394 e. The predicted molar refractivity (Wildman–Crippen MR) is 248 cm³/mol. The van der Waals surface area contributed by atoms with E-state index in [0.29, 0.717) is 0 Å². The van der Waals surface area contributed by atoms with Crippen molar-refractivity contribution in [2.24, 2.45) is 0 Å². The highest BCUT2D eigenvalue weighted by atomic mass is 16.8. The van der Waals surface area contributed by atoms with Gasteiger partial charge in [-0.3, -0.25) is 9.59 Å². The Balaban J connectivity index is 1.23. The number of carbonyl (C=O) groups is 2. The number of aliphatic hydroxyl groups excluding tert-OH is 19. The fourth-order valence-electron chi connectivity index (χ4n) is 10.2. The second-order valence-electron chi connectivity index (χ2n) is 20.7. The molecule has 81 heavy (non-hydrogen) atoms. The zero-order valence-electron chi connectivity index (χ0n) is 43.5. The number of nitrogens with one attached hydrogen (secondary N) is 2. The van der Waals surface area contributed by atoms with E-state index >= 15 is 0 Å². The van der Waals surface area contributed by atoms with Crippen molar-refractivity contribution in [3.05, 3.63) is 0 Å². The van der Waals surface area contributed by atoms with E-state index in [9.17, 15) is 107 Å². The fraction of sp³-hybridized carbons (Fsp3) is 0.956. The van der Waals surface area contributed by atoms with Gasteiger partial charge in [0.2, 0.25) is 11.8 Å². The topological polar surface area (TPSA) is 563 Å². The molecule has 7 rings (SSSR count). The second kappa shape index (κ2) is 28.4. The molecule has 470 valence electrons. The van der Waals surface area contributed by atoms with Crippen molar-refractivity contribution in [1.82, 2.24) is 10.6 Å². The van der Waals surface area contributed by atoms with Crippen molar-refractivity contribution in [3.8, 4) is 0 Å². The van der Waals surface area contributed by atoms with E-state index in [1.807, 2.05) is 0 Å². The van der Waals surface area contributed by atoms with Crippen LogP contribution < -0.4 is 10.6 Å². The maximum Gasteiger partial charge on any atom is 0.217 e. The fourth-order valence-corrected chi connectivity index (χ4v) is 10.2. The van der Waals surface area contributed by atoms with Crippen molar-refractivity contribution in [3.63, 3.8) is 0 Å². The zero-order valence-corrected chi connectivity index (χ0v) is 43.5. The minimum atomic E-state index is -2.26. The van der Waals surface area contributed by atoms with Crippen LogP contribution in [0.5, 0.6) is 0 Å². The molecule has 36 heteroatoms. The minimum Gasteiger partial charge on any atom is -0.394 e. The summed E-state index contributed by atoms with van der Waals surface area (Å²) in [5.74, 6) is -1.68. The first-order valence-electron chi connectivity index (χ1n) is 25.9. The van der Waals surface area contributed by atoms with E-state index in [0.717, 1.165) is 13.8 Å². The average molecular weight is 1190 g/mol. The maximum atomic E-state index is 13.0. The van der Waals surface area contributed by atoms with Gasteiger partial charge in [0.15, 0.2) is 44.0 Å². The number of carbonyl (C=O) groups excluding carboxylic acids is 2. The predicted octanol–water partition coefficient (Wildman–Crippen LogP) is -14.3. The van der Waals surface area contributed by atoms with E-state index in [2.05, 4.69) is 10.6 Å². The molecule has 7 heterocycles. The Kier molecular flexibility index (Phi) is 23.2. The smallest absolute Gasteiger partial charge is 0.217 e. The van der Waals surface area contributed by atoms with Gasteiger partial charge < -0.3 is 169 Å². The first kappa shape index (κ1) is 66.2. The molecule has 7 fully saturated rings. The van der Waals surface area contributed by atoms with Crippen LogP contribution in [0.2, 0.25) is 0 Å². The molecule has 7 aliphatic rings. The lowest BCUT2D eigenvalue weighted by molar-refractivity contribution is -0.404. The highest BCUT2D eigenvalue weighted by Gasteiger charge is 2.59. The molecule has 7 saturated heterocycles. The molecule has 7 aliphatic heterocycles. The monoisotopic (exact) mass is 1190 g/mol. The molecule has 0 aliphatic carbocycles. The molecule has 34 atom stereocenters. The number of hydrogen-bond acceptors (Lipinski definition) is 34. The SMILES string of the molecule is CC(=O)N[C@@H]1[C@@H](O)[C@H](O[C@@H]2O[C@H](CO)[C@@H](O[C@@H]3O[C@H](CO[C@H]4O[C@H](CO)[C@@H](O)[C@H](O)[C@@H]4O)[C@@H](O)[C@H](O[C@H]4O[C@H](CO)[C@@H](O)[C@H](O)[C@@H]4O)[C@@H]3O[C@@H]3OC[C@@H](O)[C@H](O)[C@H]3O)[C@H](O)[C@H]2NC(C)=O)[C@@H](CO[C@@H]2O[C@@H](C)[C@@H](O)[C@@H](O)[C@@H]2O)O[C@H]1O. The van der Waals surface area contributed by atoms with Gasteiger partial charge in [-0.2, -0.15) is 0 Å². The van der Waals surface area contributed by atoms with E-state index in [4.69, 9.17) is 61.6 Å². The van der Waals surface area contributed by atoms with Crippen molar-refractivity contribution < 1.29 is 168 Å². The van der Waals surface area contributed by atoms with Crippen molar-refractivity contribution in [1.29, 1.82) is 0 Å². The second-order valence-corrected chi connectivity index (χ2v) is 20.7. The molecule has 0 aromatic heterocycles. The summed E-state index contributed by atoms with van der Waals surface area (Å²) in [6, 6.07) is -3.55. The third-order valence-electron chi connectivity index (χ3n) is 14.9. The maximum absolute atomic E-state index is 13.0. The van der Waals surface area contributed by atoms with Gasteiger partial charge in [0.1, 0.15) is 159 Å². The first-order valence-corrected chi connectivity index (χ1v) is 25.9. The molecule has 0 aromatic carbocycles. The van der Waals surface area contributed by atoms with E-state index in [-0.39, 0.29) is 0 Å². The minimum absolute atomic E-state index is 0.707. The Morgan fingerprint density at radius 3 is 1.41 bits per heavy atom. The van der Waals surface area contributed by atoms with Gasteiger partial charge in [0, 0.05) is 13.8 Å². The molecule has 0 saturated carbocycles. The van der Waals surface area contributed by atoms with Crippen molar-refractivity contribution in [2.45, 2.75) is 229 Å².